The van der Waals surface area contributed by atoms with Crippen LogP contribution in [0.2, 0.25) is 0 Å². The molecule has 0 saturated heterocycles. The number of nitrogens with zero attached hydrogens (tertiary/aromatic N) is 2. The topological polar surface area (TPSA) is 9.86 Å². The molecule has 282 valence electrons. The molecule has 0 bridgehead atoms. The molecule has 0 fully saturated rings. The summed E-state index contributed by atoms with van der Waals surface area (Å²) in [6.07, 6.45) is 0. The van der Waals surface area contributed by atoms with E-state index in [1.807, 2.05) is 0 Å². The highest BCUT2D eigenvalue weighted by Crippen LogP contribution is 2.63. The summed E-state index contributed by atoms with van der Waals surface area (Å²) in [5, 5.41) is 5.39. The standard InChI is InChI=1S/C57H44N2/c1-55(2)42-24-16-17-25-46(42)58-45-27-26-36(33-18-10-7-11-19-33)28-41(45)47-48-54-50(49(55)53(47)58)57(5,6)44-32-38(35-22-14-9-15-23-35)30-40-39-29-37(34-20-12-8-13-21-34)31-43(56(48,3)4)51(39)59(54)52(40)44/h7-32H,1-6H3. The number of benzene rings is 8. The zero-order valence-electron chi connectivity index (χ0n) is 34.4. The largest absolute Gasteiger partial charge is 0.309 e. The van der Waals surface area contributed by atoms with Gasteiger partial charge >= 0.3 is 0 Å². The van der Waals surface area contributed by atoms with Gasteiger partial charge in [0.25, 0.3) is 0 Å². The maximum absolute atomic E-state index is 2.75. The number of fused-ring (bicyclic) bond motifs is 8. The number of rotatable bonds is 3. The third-order valence-electron chi connectivity index (χ3n) is 14.7. The molecule has 59 heavy (non-hydrogen) atoms. The Morgan fingerprint density at radius 1 is 0.339 bits per heavy atom. The summed E-state index contributed by atoms with van der Waals surface area (Å²) >= 11 is 0. The third kappa shape index (κ3) is 3.98. The molecule has 0 spiro atoms. The second kappa shape index (κ2) is 10.9. The van der Waals surface area contributed by atoms with Crippen molar-refractivity contribution in [2.45, 2.75) is 57.8 Å². The van der Waals surface area contributed by atoms with E-state index in [0.717, 1.165) is 0 Å². The van der Waals surface area contributed by atoms with E-state index in [-0.39, 0.29) is 16.2 Å². The summed E-state index contributed by atoms with van der Waals surface area (Å²) in [6.45, 7) is 15.0. The number of aromatic nitrogens is 2. The fourth-order valence-electron chi connectivity index (χ4n) is 12.0. The molecule has 0 saturated carbocycles. The maximum atomic E-state index is 2.75. The predicted octanol–water partition coefficient (Wildman–Crippen LogP) is 14.8. The lowest BCUT2D eigenvalue weighted by Crippen LogP contribution is -2.39. The van der Waals surface area contributed by atoms with Crippen LogP contribution >= 0.6 is 0 Å². The first kappa shape index (κ1) is 33.3. The van der Waals surface area contributed by atoms with E-state index in [9.17, 15) is 0 Å². The molecule has 10 aromatic rings. The molecule has 2 nitrogen and oxygen atoms in total. The summed E-state index contributed by atoms with van der Waals surface area (Å²) in [4.78, 5) is 0. The average molecular weight is 757 g/mol. The molecule has 3 aliphatic heterocycles. The van der Waals surface area contributed by atoms with Crippen LogP contribution in [0.15, 0.2) is 158 Å². The van der Waals surface area contributed by atoms with Gasteiger partial charge in [0, 0.05) is 37.8 Å². The summed E-state index contributed by atoms with van der Waals surface area (Å²) in [7, 11) is 0. The van der Waals surface area contributed by atoms with Gasteiger partial charge in [-0.05, 0) is 109 Å². The van der Waals surface area contributed by atoms with Crippen molar-refractivity contribution in [1.82, 2.24) is 9.13 Å². The summed E-state index contributed by atoms with van der Waals surface area (Å²) < 4.78 is 5.39. The molecule has 2 aromatic heterocycles. The summed E-state index contributed by atoms with van der Waals surface area (Å²) in [5.41, 5.74) is 23.2. The first-order valence-corrected chi connectivity index (χ1v) is 21.2. The van der Waals surface area contributed by atoms with Crippen LogP contribution in [0.1, 0.15) is 74.9 Å². The fraction of sp³-hybridized carbons (Fsp3) is 0.158. The van der Waals surface area contributed by atoms with Crippen molar-refractivity contribution in [3.8, 4) is 44.8 Å². The number of hydrogen-bond acceptors (Lipinski definition) is 0. The fourth-order valence-corrected chi connectivity index (χ4v) is 12.0. The molecule has 3 aliphatic rings. The van der Waals surface area contributed by atoms with Gasteiger partial charge in [0.05, 0.1) is 33.4 Å². The highest BCUT2D eigenvalue weighted by molar-refractivity contribution is 6.21. The molecule has 0 unspecified atom stereocenters. The zero-order valence-corrected chi connectivity index (χ0v) is 34.4. The van der Waals surface area contributed by atoms with Gasteiger partial charge in [-0.3, -0.25) is 0 Å². The van der Waals surface area contributed by atoms with E-state index in [1.54, 1.807) is 0 Å². The van der Waals surface area contributed by atoms with Gasteiger partial charge in [-0.15, -0.1) is 0 Å². The van der Waals surface area contributed by atoms with Crippen LogP contribution in [0.5, 0.6) is 0 Å². The minimum Gasteiger partial charge on any atom is -0.309 e. The van der Waals surface area contributed by atoms with Crippen LogP contribution < -0.4 is 0 Å². The van der Waals surface area contributed by atoms with Crippen molar-refractivity contribution in [2.24, 2.45) is 0 Å². The minimum atomic E-state index is -0.338. The second-order valence-corrected chi connectivity index (χ2v) is 18.9. The lowest BCUT2D eigenvalue weighted by atomic mass is 9.61. The van der Waals surface area contributed by atoms with Gasteiger partial charge in [0.1, 0.15) is 0 Å². The SMILES string of the molecule is CC1(C)c2ccccc2-n2c3ccc(-c4ccccc4)cc3c3c4c5c(c1c32)C(C)(C)c1cc(-c2ccccc2)cc2c3cc(-c6ccccc6)cc(c3n-5c12)C4(C)C. The van der Waals surface area contributed by atoms with Crippen LogP contribution in [0.4, 0.5) is 0 Å². The van der Waals surface area contributed by atoms with Crippen molar-refractivity contribution in [1.29, 1.82) is 0 Å². The first-order chi connectivity index (χ1) is 28.6. The summed E-state index contributed by atoms with van der Waals surface area (Å²) in [6, 6.07) is 59.4. The van der Waals surface area contributed by atoms with Crippen LogP contribution in [0.25, 0.3) is 88.4 Å². The Morgan fingerprint density at radius 3 is 1.39 bits per heavy atom. The van der Waals surface area contributed by atoms with E-state index < -0.39 is 0 Å². The van der Waals surface area contributed by atoms with Gasteiger partial charge in [-0.1, -0.05) is 157 Å². The Hall–Kier alpha value is -6.64. The van der Waals surface area contributed by atoms with Crippen molar-refractivity contribution >= 4 is 43.6 Å². The molecule has 13 rings (SSSR count). The van der Waals surface area contributed by atoms with E-state index in [2.05, 4.69) is 208 Å². The first-order valence-electron chi connectivity index (χ1n) is 21.2. The van der Waals surface area contributed by atoms with Crippen molar-refractivity contribution < 1.29 is 0 Å². The van der Waals surface area contributed by atoms with Gasteiger partial charge in [0.15, 0.2) is 0 Å². The highest BCUT2D eigenvalue weighted by atomic mass is 15.1. The average Bonchev–Trinajstić information content (AvgIpc) is 3.77. The van der Waals surface area contributed by atoms with E-state index in [0.29, 0.717) is 0 Å². The third-order valence-corrected chi connectivity index (χ3v) is 14.7. The van der Waals surface area contributed by atoms with Crippen molar-refractivity contribution in [3.63, 3.8) is 0 Å². The normalized spacial score (nSPS) is 16.0. The number of hydrogen-bond donors (Lipinski definition) is 0. The van der Waals surface area contributed by atoms with Gasteiger partial charge in [-0.25, -0.2) is 0 Å². The molecular weight excluding hydrogens is 713 g/mol. The van der Waals surface area contributed by atoms with E-state index in [4.69, 9.17) is 0 Å². The van der Waals surface area contributed by atoms with E-state index >= 15 is 0 Å². The number of para-hydroxylation sites is 1. The molecule has 0 amide bonds. The lowest BCUT2D eigenvalue weighted by molar-refractivity contribution is 0.556. The molecule has 8 aromatic carbocycles. The molecule has 0 N–H and O–H groups in total. The summed E-state index contributed by atoms with van der Waals surface area (Å²) in [5.74, 6) is 0. The zero-order chi connectivity index (χ0) is 39.7. The van der Waals surface area contributed by atoms with Crippen LogP contribution in [-0.4, -0.2) is 9.13 Å². The quantitative estimate of drug-likeness (QED) is 0.170. The smallest absolute Gasteiger partial charge is 0.0589 e. The van der Waals surface area contributed by atoms with Crippen molar-refractivity contribution in [2.75, 3.05) is 0 Å². The Labute approximate surface area is 345 Å². The molecule has 0 aliphatic carbocycles. The maximum Gasteiger partial charge on any atom is 0.0589 e. The van der Waals surface area contributed by atoms with E-state index in [1.165, 1.54) is 122 Å². The molecule has 0 radical (unpaired) electrons. The Bertz CT molecular complexity index is 3460. The minimum absolute atomic E-state index is 0.273. The predicted molar refractivity (Wildman–Crippen MR) is 248 cm³/mol. The molecule has 2 heteroatoms. The lowest BCUT2D eigenvalue weighted by Gasteiger charge is -2.47. The van der Waals surface area contributed by atoms with Gasteiger partial charge < -0.3 is 9.13 Å². The Morgan fingerprint density at radius 2 is 0.814 bits per heavy atom. The van der Waals surface area contributed by atoms with Crippen molar-refractivity contribution in [3.05, 3.63) is 191 Å². The van der Waals surface area contributed by atoms with Gasteiger partial charge in [0.2, 0.25) is 0 Å². The highest BCUT2D eigenvalue weighted by Gasteiger charge is 2.51. The van der Waals surface area contributed by atoms with Crippen LogP contribution in [0, 0.1) is 0 Å². The second-order valence-electron chi connectivity index (χ2n) is 18.9. The molecule has 0 atom stereocenters. The Balaban J connectivity index is 1.31. The monoisotopic (exact) mass is 756 g/mol. The van der Waals surface area contributed by atoms with Gasteiger partial charge in [-0.2, -0.15) is 0 Å². The van der Waals surface area contributed by atoms with Crippen LogP contribution in [0.3, 0.4) is 0 Å². The molecular formula is C57H44N2. The molecule has 5 heterocycles. The van der Waals surface area contributed by atoms with Crippen LogP contribution in [-0.2, 0) is 16.2 Å². The Kier molecular flexibility index (Phi) is 6.16.